The molecule has 2 atom stereocenters. The molecular formula is C35H42N4O4. The maximum absolute atomic E-state index is 14.1. The Labute approximate surface area is 254 Å². The summed E-state index contributed by atoms with van der Waals surface area (Å²) in [5, 5.41) is 3.25. The van der Waals surface area contributed by atoms with E-state index in [0.29, 0.717) is 49.8 Å². The number of piperazine rings is 1. The Morgan fingerprint density at radius 1 is 0.837 bits per heavy atom. The monoisotopic (exact) mass is 582 g/mol. The zero-order chi connectivity index (χ0) is 29.8. The molecule has 3 heterocycles. The van der Waals surface area contributed by atoms with Gasteiger partial charge in [0.2, 0.25) is 5.91 Å². The third kappa shape index (κ3) is 6.12. The predicted octanol–water partition coefficient (Wildman–Crippen LogP) is 4.25. The summed E-state index contributed by atoms with van der Waals surface area (Å²) in [5.74, 6) is 0.793. The fraction of sp³-hybridized carbons (Fsp3) is 0.429. The molecule has 6 rings (SSSR count). The van der Waals surface area contributed by atoms with Gasteiger partial charge >= 0.3 is 0 Å². The summed E-state index contributed by atoms with van der Waals surface area (Å²) in [6, 6.07) is 21.8. The fourth-order valence-corrected chi connectivity index (χ4v) is 6.81. The van der Waals surface area contributed by atoms with E-state index in [1.807, 2.05) is 55.1 Å². The number of nitrogens with one attached hydrogen (secondary N) is 1. The molecule has 0 aliphatic carbocycles. The summed E-state index contributed by atoms with van der Waals surface area (Å²) in [5.41, 5.74) is 4.82. The van der Waals surface area contributed by atoms with E-state index in [0.717, 1.165) is 56.0 Å². The van der Waals surface area contributed by atoms with E-state index in [9.17, 15) is 9.59 Å². The largest absolute Gasteiger partial charge is 0.490 e. The van der Waals surface area contributed by atoms with Crippen LogP contribution < -0.4 is 14.8 Å². The topological polar surface area (TPSA) is 74.4 Å². The van der Waals surface area contributed by atoms with Crippen molar-refractivity contribution in [2.24, 2.45) is 0 Å². The third-order valence-corrected chi connectivity index (χ3v) is 8.91. The lowest BCUT2D eigenvalue weighted by molar-refractivity contribution is -0.124. The normalized spacial score (nSPS) is 20.1. The Morgan fingerprint density at radius 3 is 2.26 bits per heavy atom. The highest BCUT2D eigenvalue weighted by atomic mass is 16.5. The molecule has 1 fully saturated rings. The Balaban J connectivity index is 1.18. The summed E-state index contributed by atoms with van der Waals surface area (Å²) in [4.78, 5) is 34.6. The van der Waals surface area contributed by atoms with E-state index in [1.165, 1.54) is 5.56 Å². The second-order valence-corrected chi connectivity index (χ2v) is 11.5. The van der Waals surface area contributed by atoms with Gasteiger partial charge in [0, 0.05) is 57.9 Å². The smallest absolute Gasteiger partial charge is 0.254 e. The van der Waals surface area contributed by atoms with Crippen LogP contribution in [0.4, 0.5) is 0 Å². The first-order valence-corrected chi connectivity index (χ1v) is 15.7. The number of hydrogen-bond donors (Lipinski definition) is 1. The van der Waals surface area contributed by atoms with Crippen LogP contribution >= 0.6 is 0 Å². The van der Waals surface area contributed by atoms with Gasteiger partial charge in [0.25, 0.3) is 5.91 Å². The number of nitrogens with zero attached hydrogens (tertiary/aromatic N) is 3. The van der Waals surface area contributed by atoms with Gasteiger partial charge in [-0.1, -0.05) is 48.5 Å². The second-order valence-electron chi connectivity index (χ2n) is 11.5. The van der Waals surface area contributed by atoms with Gasteiger partial charge < -0.3 is 19.7 Å². The fourth-order valence-electron chi connectivity index (χ4n) is 6.81. The van der Waals surface area contributed by atoms with Gasteiger partial charge in [-0.15, -0.1) is 0 Å². The van der Waals surface area contributed by atoms with E-state index < -0.39 is 12.0 Å². The number of ether oxygens (including phenoxy) is 2. The van der Waals surface area contributed by atoms with Crippen LogP contribution in [0.5, 0.6) is 11.5 Å². The van der Waals surface area contributed by atoms with E-state index >= 15 is 0 Å². The van der Waals surface area contributed by atoms with E-state index in [2.05, 4.69) is 45.4 Å². The number of benzene rings is 3. The first kappa shape index (κ1) is 29.2. The van der Waals surface area contributed by atoms with Gasteiger partial charge in [-0.05, 0) is 60.7 Å². The molecule has 0 bridgehead atoms. The summed E-state index contributed by atoms with van der Waals surface area (Å²) >= 11 is 0. The molecule has 3 aromatic rings. The van der Waals surface area contributed by atoms with Crippen LogP contribution in [-0.4, -0.2) is 85.5 Å². The average molecular weight is 583 g/mol. The van der Waals surface area contributed by atoms with Gasteiger partial charge in [-0.2, -0.15) is 0 Å². The highest BCUT2D eigenvalue weighted by molar-refractivity contribution is 6.01. The van der Waals surface area contributed by atoms with Crippen molar-refractivity contribution < 1.29 is 19.1 Å². The maximum atomic E-state index is 14.1. The lowest BCUT2D eigenvalue weighted by atomic mass is 9.75. The molecule has 3 aromatic carbocycles. The van der Waals surface area contributed by atoms with Gasteiger partial charge in [-0.25, -0.2) is 0 Å². The lowest BCUT2D eigenvalue weighted by Crippen LogP contribution is -2.51. The lowest BCUT2D eigenvalue weighted by Gasteiger charge is -2.45. The van der Waals surface area contributed by atoms with Crippen LogP contribution in [0.15, 0.2) is 66.7 Å². The molecule has 43 heavy (non-hydrogen) atoms. The van der Waals surface area contributed by atoms with Crippen LogP contribution in [0.1, 0.15) is 58.4 Å². The predicted molar refractivity (Wildman–Crippen MR) is 167 cm³/mol. The zero-order valence-electron chi connectivity index (χ0n) is 25.3. The maximum Gasteiger partial charge on any atom is 0.254 e. The molecule has 8 heteroatoms. The van der Waals surface area contributed by atoms with Crippen LogP contribution in [0.2, 0.25) is 0 Å². The first-order chi connectivity index (χ1) is 21.1. The van der Waals surface area contributed by atoms with Crippen LogP contribution in [-0.2, 0) is 17.8 Å². The molecule has 3 aliphatic rings. The summed E-state index contributed by atoms with van der Waals surface area (Å²) in [7, 11) is 0. The molecule has 0 aromatic heterocycles. The molecule has 8 nitrogen and oxygen atoms in total. The number of amides is 2. The van der Waals surface area contributed by atoms with E-state index in [-0.39, 0.29) is 11.8 Å². The molecule has 0 radical (unpaired) electrons. The Kier molecular flexibility index (Phi) is 8.95. The molecule has 3 aliphatic heterocycles. The molecule has 2 amide bonds. The summed E-state index contributed by atoms with van der Waals surface area (Å²) < 4.78 is 11.9. The van der Waals surface area contributed by atoms with Gasteiger partial charge in [0.15, 0.2) is 11.5 Å². The van der Waals surface area contributed by atoms with Gasteiger partial charge in [0.05, 0.1) is 25.2 Å². The van der Waals surface area contributed by atoms with Gasteiger partial charge in [0.1, 0.15) is 0 Å². The second kappa shape index (κ2) is 13.2. The van der Waals surface area contributed by atoms with Crippen molar-refractivity contribution in [2.75, 3.05) is 59.0 Å². The zero-order valence-corrected chi connectivity index (χ0v) is 25.3. The first-order valence-electron chi connectivity index (χ1n) is 15.7. The Hall–Kier alpha value is -3.88. The molecule has 0 saturated carbocycles. The van der Waals surface area contributed by atoms with Crippen molar-refractivity contribution in [3.8, 4) is 11.5 Å². The quantitative estimate of drug-likeness (QED) is 0.385. The molecule has 1 saturated heterocycles. The number of rotatable bonds is 10. The van der Waals surface area contributed by atoms with Crippen molar-refractivity contribution >= 4 is 11.8 Å². The number of fused-ring (bicyclic) bond motifs is 4. The van der Waals surface area contributed by atoms with E-state index in [1.54, 1.807) is 0 Å². The highest BCUT2D eigenvalue weighted by Gasteiger charge is 2.46. The Bertz CT molecular complexity index is 1440. The number of carbonyl (C=O) groups is 2. The minimum atomic E-state index is -0.511. The number of hydrogen-bond acceptors (Lipinski definition) is 6. The molecule has 1 N–H and O–H groups in total. The van der Waals surface area contributed by atoms with Crippen molar-refractivity contribution in [3.05, 3.63) is 94.5 Å². The molecule has 0 spiro atoms. The van der Waals surface area contributed by atoms with Crippen molar-refractivity contribution in [2.45, 2.75) is 38.8 Å². The SMILES string of the molecule is CCOc1cc2c(cc1OCC)[C@H]1[C@H](C(=O)NCCN3CCN(Cc4ccccc4)CC3)c3ccccc3C(=O)N1CC2. The molecule has 0 unspecified atom stereocenters. The third-order valence-electron chi connectivity index (χ3n) is 8.91. The molecular weight excluding hydrogens is 540 g/mol. The highest BCUT2D eigenvalue weighted by Crippen LogP contribution is 2.48. The van der Waals surface area contributed by atoms with Crippen LogP contribution in [0.3, 0.4) is 0 Å². The standard InChI is InChI=1S/C35H42N4O4/c1-3-42-30-22-26-14-16-39-33(29(26)23-31(30)43-4-2)32(27-12-8-9-13-28(27)35(39)41)34(40)36-15-17-37-18-20-38(21-19-37)24-25-10-6-5-7-11-25/h5-13,22-23,32-33H,3-4,14-21,24H2,1-2H3,(H,36,40)/t32-,33+/m1/s1. The number of carbonyl (C=O) groups excluding carboxylic acids is 2. The van der Waals surface area contributed by atoms with Crippen LogP contribution in [0.25, 0.3) is 0 Å². The minimum Gasteiger partial charge on any atom is -0.490 e. The Morgan fingerprint density at radius 2 is 1.51 bits per heavy atom. The average Bonchev–Trinajstić information content (AvgIpc) is 3.03. The molecule has 226 valence electrons. The van der Waals surface area contributed by atoms with Crippen molar-refractivity contribution in [1.82, 2.24) is 20.0 Å². The van der Waals surface area contributed by atoms with Crippen molar-refractivity contribution in [3.63, 3.8) is 0 Å². The minimum absolute atomic E-state index is 0.0180. The summed E-state index contributed by atoms with van der Waals surface area (Å²) in [6.07, 6.45) is 0.705. The van der Waals surface area contributed by atoms with Crippen LogP contribution in [0, 0.1) is 0 Å². The summed E-state index contributed by atoms with van der Waals surface area (Å²) in [6.45, 7) is 11.8. The van der Waals surface area contributed by atoms with Crippen molar-refractivity contribution in [1.29, 1.82) is 0 Å². The van der Waals surface area contributed by atoms with Gasteiger partial charge in [-0.3, -0.25) is 19.4 Å². The van der Waals surface area contributed by atoms with E-state index in [4.69, 9.17) is 9.47 Å².